The maximum atomic E-state index is 14.0. The molecule has 1 heterocycles. The maximum absolute atomic E-state index is 14.0. The Labute approximate surface area is 193 Å². The topological polar surface area (TPSA) is 116 Å². The number of nitrogens with one attached hydrogen (secondary N) is 1. The number of benzene rings is 1. The molecule has 178 valence electrons. The first-order valence-corrected chi connectivity index (χ1v) is 11.0. The van der Waals surface area contributed by atoms with Gasteiger partial charge in [-0.1, -0.05) is 0 Å². The van der Waals surface area contributed by atoms with E-state index in [1.54, 1.807) is 6.92 Å². The number of ether oxygens (including phenoxy) is 2. The van der Waals surface area contributed by atoms with Gasteiger partial charge in [-0.25, -0.2) is 9.37 Å². The van der Waals surface area contributed by atoms with Crippen LogP contribution in [0.5, 0.6) is 5.75 Å². The largest absolute Gasteiger partial charge is 0.496 e. The number of hydrogen-bond acceptors (Lipinski definition) is 8. The molecule has 3 N–H and O–H groups in total. The van der Waals surface area contributed by atoms with E-state index in [9.17, 15) is 14.0 Å². The minimum absolute atomic E-state index is 0.0111. The molecule has 0 spiro atoms. The highest BCUT2D eigenvalue weighted by atomic mass is 19.1. The number of nitrogens with zero attached hydrogens (tertiary/aromatic N) is 2. The Morgan fingerprint density at radius 1 is 1.15 bits per heavy atom. The smallest absolute Gasteiger partial charge is 0.309 e. The predicted octanol–water partition coefficient (Wildman–Crippen LogP) is 4.06. The first kappa shape index (κ1) is 24.4. The van der Waals surface area contributed by atoms with Gasteiger partial charge in [0.25, 0.3) is 0 Å². The summed E-state index contributed by atoms with van der Waals surface area (Å²) in [6.07, 6.45) is 4.26. The average Bonchev–Trinajstić information content (AvgIpc) is 2.74. The molecule has 0 radical (unpaired) electrons. The van der Waals surface area contributed by atoms with Crippen LogP contribution in [0, 0.1) is 18.7 Å². The average molecular weight is 459 g/mol. The van der Waals surface area contributed by atoms with Crippen molar-refractivity contribution in [3.05, 3.63) is 40.8 Å². The van der Waals surface area contributed by atoms with E-state index in [0.29, 0.717) is 24.4 Å². The van der Waals surface area contributed by atoms with Gasteiger partial charge in [-0.2, -0.15) is 4.98 Å². The molecule has 0 atom stereocenters. The van der Waals surface area contributed by atoms with Gasteiger partial charge in [0.05, 0.1) is 24.2 Å². The summed E-state index contributed by atoms with van der Waals surface area (Å²) in [5, 5.41) is 3.22. The van der Waals surface area contributed by atoms with Crippen molar-refractivity contribution in [2.75, 3.05) is 18.2 Å². The zero-order chi connectivity index (χ0) is 24.3. The fourth-order valence-electron chi connectivity index (χ4n) is 3.83. The number of esters is 1. The fraction of sp³-hybridized carbons (Fsp3) is 0.500. The highest BCUT2D eigenvalue weighted by Crippen LogP contribution is 2.29. The van der Waals surface area contributed by atoms with Crippen LogP contribution in [-0.4, -0.2) is 40.5 Å². The van der Waals surface area contributed by atoms with Crippen molar-refractivity contribution >= 4 is 23.5 Å². The Morgan fingerprint density at radius 3 is 2.39 bits per heavy atom. The van der Waals surface area contributed by atoms with Gasteiger partial charge in [-0.15, -0.1) is 0 Å². The summed E-state index contributed by atoms with van der Waals surface area (Å²) in [5.74, 6) is -0.769. The fourth-order valence-corrected chi connectivity index (χ4v) is 3.83. The first-order valence-electron chi connectivity index (χ1n) is 11.0. The van der Waals surface area contributed by atoms with Crippen molar-refractivity contribution in [1.82, 2.24) is 9.97 Å². The molecule has 0 saturated heterocycles. The number of methoxy groups -OCH3 is 1. The standard InChI is InChI=1S/C24H31FN4O4/c1-13-10-19(32-5)16(11-18(13)25)20(30)17-12-27-23(29-21(17)26)28-15-8-6-14(7-9-15)22(31)33-24(2,3)4/h10-12,14-15H,6-9H2,1-5H3,(H3,26,27,28,29). The van der Waals surface area contributed by atoms with Crippen LogP contribution in [0.4, 0.5) is 16.2 Å². The lowest BCUT2D eigenvalue weighted by Crippen LogP contribution is -2.34. The van der Waals surface area contributed by atoms with Gasteiger partial charge in [0.1, 0.15) is 23.0 Å². The number of halogens is 1. The number of carbonyl (C=O) groups excluding carboxylic acids is 2. The second-order valence-corrected chi connectivity index (χ2v) is 9.35. The molecule has 33 heavy (non-hydrogen) atoms. The highest BCUT2D eigenvalue weighted by Gasteiger charge is 2.30. The van der Waals surface area contributed by atoms with Crippen LogP contribution in [0.1, 0.15) is 67.9 Å². The number of anilines is 2. The molecule has 8 nitrogen and oxygen atoms in total. The Hall–Kier alpha value is -3.23. The van der Waals surface area contributed by atoms with Gasteiger partial charge < -0.3 is 20.5 Å². The zero-order valence-corrected chi connectivity index (χ0v) is 19.7. The normalized spacial score (nSPS) is 18.5. The lowest BCUT2D eigenvalue weighted by Gasteiger charge is -2.30. The predicted molar refractivity (Wildman–Crippen MR) is 123 cm³/mol. The molecule has 1 saturated carbocycles. The van der Waals surface area contributed by atoms with Crippen LogP contribution in [0.25, 0.3) is 0 Å². The Balaban J connectivity index is 1.66. The minimum Gasteiger partial charge on any atom is -0.496 e. The lowest BCUT2D eigenvalue weighted by molar-refractivity contribution is -0.161. The molecule has 0 bridgehead atoms. The second kappa shape index (κ2) is 9.72. The Bertz CT molecular complexity index is 1040. The lowest BCUT2D eigenvalue weighted by atomic mass is 9.86. The quantitative estimate of drug-likeness (QED) is 0.492. The van der Waals surface area contributed by atoms with E-state index in [0.717, 1.165) is 18.9 Å². The van der Waals surface area contributed by atoms with Gasteiger partial charge in [0.15, 0.2) is 0 Å². The number of hydrogen-bond donors (Lipinski definition) is 2. The number of rotatable bonds is 6. The number of nitrogens with two attached hydrogens (primary N) is 1. The summed E-state index contributed by atoms with van der Waals surface area (Å²) in [7, 11) is 1.41. The van der Waals surface area contributed by atoms with Crippen LogP contribution in [0.3, 0.4) is 0 Å². The molecule has 9 heteroatoms. The van der Waals surface area contributed by atoms with Gasteiger partial charge in [-0.05, 0) is 71.1 Å². The van der Waals surface area contributed by atoms with Crippen molar-refractivity contribution in [1.29, 1.82) is 0 Å². The molecule has 0 unspecified atom stereocenters. The molecule has 1 aliphatic rings. The van der Waals surface area contributed by atoms with Gasteiger partial charge in [0, 0.05) is 12.2 Å². The van der Waals surface area contributed by atoms with Crippen LogP contribution in [-0.2, 0) is 9.53 Å². The van der Waals surface area contributed by atoms with Crippen molar-refractivity contribution in [2.45, 2.75) is 65.0 Å². The van der Waals surface area contributed by atoms with E-state index in [1.807, 2.05) is 20.8 Å². The number of ketones is 1. The molecule has 1 aromatic heterocycles. The van der Waals surface area contributed by atoms with E-state index in [4.69, 9.17) is 15.2 Å². The number of aryl methyl sites for hydroxylation is 1. The third kappa shape index (κ3) is 5.97. The summed E-state index contributed by atoms with van der Waals surface area (Å²) in [4.78, 5) is 33.7. The SMILES string of the molecule is COc1cc(C)c(F)cc1C(=O)c1cnc(NC2CCC(C(=O)OC(C)(C)C)CC2)nc1N. The van der Waals surface area contributed by atoms with Crippen LogP contribution >= 0.6 is 0 Å². The van der Waals surface area contributed by atoms with Crippen LogP contribution in [0.15, 0.2) is 18.3 Å². The Morgan fingerprint density at radius 2 is 1.82 bits per heavy atom. The first-order chi connectivity index (χ1) is 15.5. The molecular weight excluding hydrogens is 427 g/mol. The summed E-state index contributed by atoms with van der Waals surface area (Å²) < 4.78 is 24.8. The second-order valence-electron chi connectivity index (χ2n) is 9.35. The van der Waals surface area contributed by atoms with Crippen LogP contribution < -0.4 is 15.8 Å². The maximum Gasteiger partial charge on any atom is 0.309 e. The summed E-state index contributed by atoms with van der Waals surface area (Å²) in [6.45, 7) is 7.17. The van der Waals surface area contributed by atoms with Gasteiger partial charge in [0.2, 0.25) is 11.7 Å². The van der Waals surface area contributed by atoms with Crippen molar-refractivity contribution in [3.8, 4) is 5.75 Å². The van der Waals surface area contributed by atoms with Gasteiger partial charge >= 0.3 is 5.97 Å². The number of aromatic nitrogens is 2. The summed E-state index contributed by atoms with van der Waals surface area (Å²) in [5.41, 5.74) is 6.03. The van der Waals surface area contributed by atoms with Crippen LogP contribution in [0.2, 0.25) is 0 Å². The zero-order valence-electron chi connectivity index (χ0n) is 19.7. The van der Waals surface area contributed by atoms with Crippen molar-refractivity contribution in [3.63, 3.8) is 0 Å². The number of nitrogen functional groups attached to an aromatic ring is 1. The van der Waals surface area contributed by atoms with E-state index in [1.165, 1.54) is 19.4 Å². The third-order valence-electron chi connectivity index (χ3n) is 5.59. The van der Waals surface area contributed by atoms with E-state index in [2.05, 4.69) is 15.3 Å². The molecule has 0 amide bonds. The molecule has 1 aliphatic carbocycles. The minimum atomic E-state index is -0.521. The van der Waals surface area contributed by atoms with E-state index in [-0.39, 0.29) is 40.6 Å². The van der Waals surface area contributed by atoms with E-state index < -0.39 is 17.2 Å². The third-order valence-corrected chi connectivity index (χ3v) is 5.59. The summed E-state index contributed by atoms with van der Waals surface area (Å²) in [6, 6.07) is 2.67. The molecule has 3 rings (SSSR count). The monoisotopic (exact) mass is 458 g/mol. The van der Waals surface area contributed by atoms with E-state index >= 15 is 0 Å². The molecule has 2 aromatic rings. The molecule has 1 fully saturated rings. The highest BCUT2D eigenvalue weighted by molar-refractivity contribution is 6.13. The summed E-state index contributed by atoms with van der Waals surface area (Å²) >= 11 is 0. The molecule has 1 aromatic carbocycles. The van der Waals surface area contributed by atoms with Crippen molar-refractivity contribution < 1.29 is 23.5 Å². The molecule has 0 aliphatic heterocycles. The van der Waals surface area contributed by atoms with Crippen molar-refractivity contribution in [2.24, 2.45) is 5.92 Å². The molecular formula is C24H31FN4O4. The Kier molecular flexibility index (Phi) is 7.19. The van der Waals surface area contributed by atoms with Gasteiger partial charge in [-0.3, -0.25) is 9.59 Å². The number of carbonyl (C=O) groups is 2.